The number of hydrogen-bond acceptors (Lipinski definition) is 1. The molecule has 0 spiro atoms. The fourth-order valence-corrected chi connectivity index (χ4v) is 7.97. The fraction of sp³-hybridized carbons (Fsp3) is 0.351. The first-order chi connectivity index (χ1) is 29.2. The van der Waals surface area contributed by atoms with Crippen LogP contribution in [0.2, 0.25) is 6.82 Å². The smallest absolute Gasteiger partial charge is 0.529 e. The molecule has 0 radical (unpaired) electrons. The largest absolute Gasteiger partial charge is 0.557 e. The van der Waals surface area contributed by atoms with Crippen LogP contribution in [0.3, 0.4) is 0 Å². The molecule has 0 aliphatic carbocycles. The van der Waals surface area contributed by atoms with Crippen LogP contribution in [0.4, 0.5) is 87.8 Å². The van der Waals surface area contributed by atoms with Gasteiger partial charge in [-0.25, -0.2) is 87.8 Å². The number of hydrogen-bond donors (Lipinski definition) is 0. The number of benzene rings is 4. The SMILES string of the molecule is CC[N+]([BH2-]OB(C)[N+](CC)(CC)CC)(CC)CC.Fc1c(F)c(F)c([B-](c2c(F)c(F)c(F)c(F)c2F)(c2c(F)c(F)c(F)c(F)c2F)c2c(F)c(F)c(F)c(F)c2F)c(F)c1F. The number of rotatable bonds is 14. The Kier molecular flexibility index (Phi) is 16.6. The van der Waals surface area contributed by atoms with Gasteiger partial charge in [-0.2, -0.15) is 0 Å². The number of halogens is 20. The molecule has 26 heteroatoms. The Labute approximate surface area is 347 Å². The maximum Gasteiger partial charge on any atom is 0.529 e. The molecule has 4 aromatic rings. The fourth-order valence-electron chi connectivity index (χ4n) is 7.97. The molecule has 4 rings (SSSR count). The number of quaternary nitrogens is 2. The Bertz CT molecular complexity index is 1980. The van der Waals surface area contributed by atoms with Gasteiger partial charge in [-0.05, 0) is 41.5 Å². The van der Waals surface area contributed by atoms with E-state index < -0.39 is 144 Å². The summed E-state index contributed by atoms with van der Waals surface area (Å²) in [5, 5.41) is 0. The zero-order valence-corrected chi connectivity index (χ0v) is 34.3. The minimum Gasteiger partial charge on any atom is -0.557 e. The van der Waals surface area contributed by atoms with Gasteiger partial charge in [0.1, 0.15) is 52.7 Å². The topological polar surface area (TPSA) is 9.23 Å². The van der Waals surface area contributed by atoms with Crippen molar-refractivity contribution in [1.82, 2.24) is 0 Å². The Morgan fingerprint density at radius 3 is 0.667 bits per heavy atom. The Hall–Kier alpha value is -4.45. The lowest BCUT2D eigenvalue weighted by Gasteiger charge is -2.47. The van der Waals surface area contributed by atoms with E-state index in [4.69, 9.17) is 4.57 Å². The molecule has 0 amide bonds. The van der Waals surface area contributed by atoms with Gasteiger partial charge in [-0.3, -0.25) is 0 Å². The minimum atomic E-state index is -7.22. The second-order valence-corrected chi connectivity index (χ2v) is 14.6. The van der Waals surface area contributed by atoms with Crippen LogP contribution in [0, 0.1) is 116 Å². The van der Waals surface area contributed by atoms with Gasteiger partial charge >= 0.3 is 7.05 Å². The summed E-state index contributed by atoms with van der Waals surface area (Å²) in [7, 11) is -0.0244. The van der Waals surface area contributed by atoms with E-state index in [1.54, 1.807) is 0 Å². The molecular formula is C37H35B3F20N2O. The molecule has 0 bridgehead atoms. The Balaban J connectivity index is 0.000000495. The molecule has 0 saturated heterocycles. The minimum absolute atomic E-state index is 0.354. The second-order valence-electron chi connectivity index (χ2n) is 14.6. The van der Waals surface area contributed by atoms with Crippen LogP contribution in [0.15, 0.2) is 0 Å². The summed E-state index contributed by atoms with van der Waals surface area (Å²) in [5.41, 5.74) is -14.3. The first-order valence-corrected chi connectivity index (χ1v) is 19.0. The zero-order chi connectivity index (χ0) is 48.6. The highest BCUT2D eigenvalue weighted by Crippen LogP contribution is 2.31. The second kappa shape index (κ2) is 19.7. The molecule has 0 aromatic heterocycles. The van der Waals surface area contributed by atoms with Crippen LogP contribution in [0.5, 0.6) is 0 Å². The maximum atomic E-state index is 15.4. The van der Waals surface area contributed by atoms with Gasteiger partial charge in [0, 0.05) is 26.5 Å². The molecule has 348 valence electrons. The maximum absolute atomic E-state index is 15.4. The van der Waals surface area contributed by atoms with E-state index >= 15 is 35.1 Å². The van der Waals surface area contributed by atoms with Gasteiger partial charge in [0.05, 0.1) is 19.6 Å². The molecule has 3 nitrogen and oxygen atoms in total. The lowest BCUT2D eigenvalue weighted by atomic mass is 9.12. The van der Waals surface area contributed by atoms with Crippen molar-refractivity contribution in [2.24, 2.45) is 0 Å². The molecule has 0 fully saturated rings. The van der Waals surface area contributed by atoms with Gasteiger partial charge < -0.3 is 13.4 Å². The highest BCUT2D eigenvalue weighted by molar-refractivity contribution is 7.20. The van der Waals surface area contributed by atoms with Crippen LogP contribution < -0.4 is 21.9 Å². The molecule has 63 heavy (non-hydrogen) atoms. The zero-order valence-electron chi connectivity index (χ0n) is 34.3. The van der Waals surface area contributed by atoms with Crippen LogP contribution in [-0.4, -0.2) is 68.9 Å². The van der Waals surface area contributed by atoms with Gasteiger partial charge in [-0.1, -0.05) is 0 Å². The molecule has 0 atom stereocenters. The molecule has 0 N–H and O–H groups in total. The summed E-state index contributed by atoms with van der Waals surface area (Å²) in [6.45, 7) is 23.2. The van der Waals surface area contributed by atoms with Crippen molar-refractivity contribution < 1.29 is 101 Å². The van der Waals surface area contributed by atoms with Gasteiger partial charge in [0.15, 0.2) is 69.8 Å². The van der Waals surface area contributed by atoms with E-state index in [2.05, 4.69) is 48.4 Å². The van der Waals surface area contributed by atoms with E-state index in [0.29, 0.717) is 7.05 Å². The van der Waals surface area contributed by atoms with Crippen molar-refractivity contribution in [3.63, 3.8) is 0 Å². The van der Waals surface area contributed by atoms with Crippen molar-refractivity contribution in [2.45, 2.75) is 48.4 Å². The van der Waals surface area contributed by atoms with E-state index in [1.807, 2.05) is 0 Å². The molecule has 4 aromatic carbocycles. The van der Waals surface area contributed by atoms with Crippen molar-refractivity contribution in [1.29, 1.82) is 0 Å². The van der Waals surface area contributed by atoms with E-state index in [1.165, 1.54) is 43.7 Å². The first-order valence-electron chi connectivity index (χ1n) is 19.0. The summed E-state index contributed by atoms with van der Waals surface area (Å²) in [6.07, 6.45) is -7.22. The lowest BCUT2D eigenvalue weighted by Crippen LogP contribution is -2.81. The highest BCUT2D eigenvalue weighted by atomic mass is 19.2. The van der Waals surface area contributed by atoms with Gasteiger partial charge in [-0.15, -0.1) is 21.9 Å². The monoisotopic (exact) mass is 936 g/mol. The lowest BCUT2D eigenvalue weighted by molar-refractivity contribution is -0.836. The van der Waals surface area contributed by atoms with Crippen LogP contribution >= 0.6 is 0 Å². The molecule has 0 saturated carbocycles. The quantitative estimate of drug-likeness (QED) is 0.0546. The van der Waals surface area contributed by atoms with Crippen LogP contribution in [0.1, 0.15) is 41.5 Å². The van der Waals surface area contributed by atoms with E-state index in [9.17, 15) is 52.7 Å². The summed E-state index contributed by atoms with van der Waals surface area (Å²) in [5.74, 6) is -71.4. The summed E-state index contributed by atoms with van der Waals surface area (Å²) in [6, 6.07) is 0. The van der Waals surface area contributed by atoms with Gasteiger partial charge in [0.25, 0.3) is 7.62 Å². The van der Waals surface area contributed by atoms with Crippen LogP contribution in [-0.2, 0) is 4.57 Å². The van der Waals surface area contributed by atoms with Crippen molar-refractivity contribution in [2.75, 3.05) is 39.3 Å². The van der Waals surface area contributed by atoms with Crippen molar-refractivity contribution in [3.05, 3.63) is 116 Å². The van der Waals surface area contributed by atoms with E-state index in [-0.39, 0.29) is 7.62 Å². The highest BCUT2D eigenvalue weighted by Gasteiger charge is 2.52. The predicted octanol–water partition coefficient (Wildman–Crippen LogP) is 7.72. The average Bonchev–Trinajstić information content (AvgIpc) is 3.27. The Morgan fingerprint density at radius 1 is 0.333 bits per heavy atom. The van der Waals surface area contributed by atoms with E-state index in [0.717, 1.165) is 4.39 Å². The number of nitrogens with zero attached hydrogens (tertiary/aromatic N) is 2. The normalized spacial score (nSPS) is 12.2. The summed E-state index contributed by atoms with van der Waals surface area (Å²) in [4.78, 5) is 0. The standard InChI is InChI=1S/C24BF20.C13H35B2N2O/c26-5-1(6(27)14(35)21(42)13(5)34)25(2-7(28)15(36)22(43)16(37)8(2)29,3-9(30)17(38)23(44)18(39)10(3)31)4-11(32)19(40)24(45)20(41)12(4)33;1-8-16(9-2,10-3)14-18-15(7)17(11-4,12-5)13-6/h;8-14H2,1-7H3/q-1;+1. The molecule has 0 aliphatic heterocycles. The Morgan fingerprint density at radius 2 is 0.508 bits per heavy atom. The third kappa shape index (κ3) is 8.38. The van der Waals surface area contributed by atoms with Crippen molar-refractivity contribution >= 4 is 42.7 Å². The summed E-state index contributed by atoms with van der Waals surface area (Å²) < 4.78 is 303. The molecular weight excluding hydrogens is 901 g/mol. The third-order valence-electron chi connectivity index (χ3n) is 12.5. The average molecular weight is 936 g/mol. The summed E-state index contributed by atoms with van der Waals surface area (Å²) >= 11 is 0. The predicted molar refractivity (Wildman–Crippen MR) is 194 cm³/mol. The molecule has 0 unspecified atom stereocenters. The third-order valence-corrected chi connectivity index (χ3v) is 12.5. The van der Waals surface area contributed by atoms with Crippen LogP contribution in [0.25, 0.3) is 0 Å². The molecule has 0 aliphatic rings. The first kappa shape index (κ1) is 52.9. The van der Waals surface area contributed by atoms with Crippen molar-refractivity contribution in [3.8, 4) is 0 Å². The molecule has 0 heterocycles. The van der Waals surface area contributed by atoms with Gasteiger partial charge in [0.2, 0.25) is 0 Å².